The number of carbonyl (C=O) groups excluding carboxylic acids is 1. The molecule has 32 heavy (non-hydrogen) atoms. The van der Waals surface area contributed by atoms with Gasteiger partial charge in [0.1, 0.15) is 11.8 Å². The highest BCUT2D eigenvalue weighted by molar-refractivity contribution is 7.12. The second-order valence-electron chi connectivity index (χ2n) is 7.48. The first-order chi connectivity index (χ1) is 15.8. The summed E-state index contributed by atoms with van der Waals surface area (Å²) in [6.07, 6.45) is 4.02. The van der Waals surface area contributed by atoms with E-state index >= 15 is 0 Å². The van der Waals surface area contributed by atoms with Crippen molar-refractivity contribution >= 4 is 23.0 Å². The molecule has 0 aliphatic carbocycles. The molecule has 3 aromatic heterocycles. The topological polar surface area (TPSA) is 70.7 Å². The van der Waals surface area contributed by atoms with E-state index in [4.69, 9.17) is 4.42 Å². The molecule has 6 nitrogen and oxygen atoms in total. The van der Waals surface area contributed by atoms with E-state index in [0.717, 1.165) is 27.6 Å². The Morgan fingerprint density at radius 1 is 1.09 bits per heavy atom. The Hall–Kier alpha value is -3.55. The fourth-order valence-corrected chi connectivity index (χ4v) is 4.61. The van der Waals surface area contributed by atoms with Crippen molar-refractivity contribution in [2.75, 3.05) is 6.54 Å². The molecule has 4 heterocycles. The molecule has 5 rings (SSSR count). The molecule has 2 unspecified atom stereocenters. The lowest BCUT2D eigenvalue weighted by atomic mass is 10.0. The van der Waals surface area contributed by atoms with Gasteiger partial charge in [-0.3, -0.25) is 15.1 Å². The normalized spacial score (nSPS) is 16.7. The Balaban J connectivity index is 1.38. The average molecular weight is 443 g/mol. The second-order valence-corrected chi connectivity index (χ2v) is 8.42. The van der Waals surface area contributed by atoms with Crippen molar-refractivity contribution in [2.24, 2.45) is 5.10 Å². The number of furan rings is 1. The average Bonchev–Trinajstić information content (AvgIpc) is 3.62. The van der Waals surface area contributed by atoms with Crippen LogP contribution >= 0.6 is 11.3 Å². The fourth-order valence-electron chi connectivity index (χ4n) is 3.89. The third-order valence-corrected chi connectivity index (χ3v) is 6.34. The van der Waals surface area contributed by atoms with Crippen molar-refractivity contribution in [1.29, 1.82) is 0 Å². The minimum Gasteiger partial charge on any atom is -0.467 e. The van der Waals surface area contributed by atoms with E-state index in [1.165, 1.54) is 0 Å². The number of thiophene rings is 1. The molecule has 160 valence electrons. The minimum atomic E-state index is -0.249. The van der Waals surface area contributed by atoms with Crippen molar-refractivity contribution in [3.63, 3.8) is 0 Å². The van der Waals surface area contributed by atoms with Crippen LogP contribution in [0, 0.1) is 0 Å². The van der Waals surface area contributed by atoms with Gasteiger partial charge in [0.05, 0.1) is 35.1 Å². The highest BCUT2D eigenvalue weighted by Crippen LogP contribution is 2.34. The number of nitrogens with one attached hydrogen (secondary N) is 1. The Morgan fingerprint density at radius 3 is 2.69 bits per heavy atom. The number of hydrogen-bond donors (Lipinski definition) is 1. The van der Waals surface area contributed by atoms with Gasteiger partial charge in [0.15, 0.2) is 0 Å². The van der Waals surface area contributed by atoms with Crippen LogP contribution < -0.4 is 5.32 Å². The second kappa shape index (κ2) is 9.30. The van der Waals surface area contributed by atoms with Crippen molar-refractivity contribution in [1.82, 2.24) is 15.3 Å². The number of benzene rings is 1. The van der Waals surface area contributed by atoms with Crippen molar-refractivity contribution in [3.8, 4) is 0 Å². The molecule has 0 radical (unpaired) electrons. The van der Waals surface area contributed by atoms with Crippen molar-refractivity contribution < 1.29 is 9.21 Å². The summed E-state index contributed by atoms with van der Waals surface area (Å²) in [4.78, 5) is 18.9. The van der Waals surface area contributed by atoms with E-state index in [0.29, 0.717) is 6.42 Å². The molecule has 1 amide bonds. The van der Waals surface area contributed by atoms with Gasteiger partial charge >= 0.3 is 0 Å². The van der Waals surface area contributed by atoms with E-state index in [2.05, 4.69) is 15.4 Å². The van der Waals surface area contributed by atoms with Gasteiger partial charge in [-0.1, -0.05) is 42.5 Å². The molecule has 0 saturated carbocycles. The summed E-state index contributed by atoms with van der Waals surface area (Å²) in [7, 11) is 0. The van der Waals surface area contributed by atoms with Crippen LogP contribution in [0.4, 0.5) is 0 Å². The number of hydrogen-bond acceptors (Lipinski definition) is 6. The van der Waals surface area contributed by atoms with Gasteiger partial charge in [-0.2, -0.15) is 5.10 Å². The summed E-state index contributed by atoms with van der Waals surface area (Å²) < 4.78 is 5.63. The fraction of sp³-hybridized carbons (Fsp3) is 0.160. The summed E-state index contributed by atoms with van der Waals surface area (Å²) in [6.45, 7) is 0.120. The Kier molecular flexibility index (Phi) is 5.91. The van der Waals surface area contributed by atoms with Gasteiger partial charge in [0, 0.05) is 12.6 Å². The van der Waals surface area contributed by atoms with Gasteiger partial charge < -0.3 is 4.42 Å². The van der Waals surface area contributed by atoms with E-state index in [9.17, 15) is 4.79 Å². The van der Waals surface area contributed by atoms with Crippen molar-refractivity contribution in [2.45, 2.75) is 18.5 Å². The summed E-state index contributed by atoms with van der Waals surface area (Å²) >= 11 is 1.62. The zero-order chi connectivity index (χ0) is 21.8. The lowest BCUT2D eigenvalue weighted by Crippen LogP contribution is -2.37. The van der Waals surface area contributed by atoms with Crippen LogP contribution in [0.25, 0.3) is 0 Å². The predicted octanol–water partition coefficient (Wildman–Crippen LogP) is 4.79. The Bertz CT molecular complexity index is 1140. The highest BCUT2D eigenvalue weighted by Gasteiger charge is 2.35. The zero-order valence-electron chi connectivity index (χ0n) is 17.3. The molecular weight excluding hydrogens is 420 g/mol. The molecule has 0 saturated heterocycles. The van der Waals surface area contributed by atoms with Gasteiger partial charge in [0.2, 0.25) is 0 Å². The SMILES string of the molecule is O=C(CNC(c1ccccc1)c1ccccn1)N1N=C(c2cccs2)CC1c1ccco1. The number of pyridine rings is 1. The maximum atomic E-state index is 13.3. The maximum absolute atomic E-state index is 13.3. The first-order valence-corrected chi connectivity index (χ1v) is 11.3. The summed E-state index contributed by atoms with van der Waals surface area (Å²) in [5.41, 5.74) is 2.81. The molecule has 1 aliphatic rings. The molecule has 1 N–H and O–H groups in total. The number of aromatic nitrogens is 1. The number of carbonyl (C=O) groups is 1. The number of rotatable bonds is 7. The van der Waals surface area contributed by atoms with Crippen LogP contribution in [0.15, 0.2) is 100 Å². The van der Waals surface area contributed by atoms with Gasteiger partial charge in [-0.05, 0) is 41.3 Å². The van der Waals surface area contributed by atoms with Crippen LogP contribution in [0.3, 0.4) is 0 Å². The van der Waals surface area contributed by atoms with Crippen LogP contribution in [0.5, 0.6) is 0 Å². The molecule has 1 aromatic carbocycles. The first-order valence-electron chi connectivity index (χ1n) is 10.5. The molecule has 0 fully saturated rings. The Morgan fingerprint density at radius 2 is 1.97 bits per heavy atom. The number of amides is 1. The van der Waals surface area contributed by atoms with E-state index < -0.39 is 0 Å². The van der Waals surface area contributed by atoms with Gasteiger partial charge in [0.25, 0.3) is 5.91 Å². The zero-order valence-corrected chi connectivity index (χ0v) is 18.1. The quantitative estimate of drug-likeness (QED) is 0.447. The molecular formula is C25H22N4O2S. The lowest BCUT2D eigenvalue weighted by Gasteiger charge is -2.23. The molecule has 1 aliphatic heterocycles. The number of nitrogens with zero attached hydrogens (tertiary/aromatic N) is 3. The Labute approximate surface area is 190 Å². The largest absolute Gasteiger partial charge is 0.467 e. The van der Waals surface area contributed by atoms with E-state index in [1.807, 2.05) is 78.2 Å². The summed E-state index contributed by atoms with van der Waals surface area (Å²) in [6, 6.07) is 23.1. The third-order valence-electron chi connectivity index (χ3n) is 5.42. The van der Waals surface area contributed by atoms with Crippen LogP contribution in [0.1, 0.15) is 40.4 Å². The van der Waals surface area contributed by atoms with Crippen LogP contribution in [-0.4, -0.2) is 28.2 Å². The van der Waals surface area contributed by atoms with Gasteiger partial charge in [-0.25, -0.2) is 5.01 Å². The monoisotopic (exact) mass is 442 g/mol. The molecule has 0 bridgehead atoms. The smallest absolute Gasteiger partial charge is 0.257 e. The predicted molar refractivity (Wildman–Crippen MR) is 124 cm³/mol. The third kappa shape index (κ3) is 4.26. The molecule has 7 heteroatoms. The first kappa shape index (κ1) is 20.4. The lowest BCUT2D eigenvalue weighted by molar-refractivity contribution is -0.132. The maximum Gasteiger partial charge on any atom is 0.257 e. The van der Waals surface area contributed by atoms with Gasteiger partial charge in [-0.15, -0.1) is 11.3 Å². The molecule has 4 aromatic rings. The highest BCUT2D eigenvalue weighted by atomic mass is 32.1. The standard InChI is InChI=1S/C25H22N4O2S/c30-24(17-27-25(18-8-2-1-3-9-18)19-10-4-5-13-26-19)29-21(22-11-6-14-31-22)16-20(28-29)23-12-7-15-32-23/h1-15,21,25,27H,16-17H2. The summed E-state index contributed by atoms with van der Waals surface area (Å²) in [5.74, 6) is 0.618. The van der Waals surface area contributed by atoms with E-state index in [1.54, 1.807) is 28.8 Å². The van der Waals surface area contributed by atoms with Crippen molar-refractivity contribution in [3.05, 3.63) is 113 Å². The number of hydrazone groups is 1. The minimum absolute atomic E-state index is 0.116. The van der Waals surface area contributed by atoms with Crippen LogP contribution in [0.2, 0.25) is 0 Å². The van der Waals surface area contributed by atoms with Crippen LogP contribution in [-0.2, 0) is 4.79 Å². The van der Waals surface area contributed by atoms with E-state index in [-0.39, 0.29) is 24.5 Å². The summed E-state index contributed by atoms with van der Waals surface area (Å²) in [5, 5.41) is 11.7. The molecule has 2 atom stereocenters. The molecule has 0 spiro atoms.